The lowest BCUT2D eigenvalue weighted by Gasteiger charge is -2.54. The van der Waals surface area contributed by atoms with Gasteiger partial charge in [-0.25, -0.2) is 4.79 Å². The zero-order valence-electron chi connectivity index (χ0n) is 19.2. The predicted molar refractivity (Wildman–Crippen MR) is 122 cm³/mol. The molecule has 4 aliphatic heterocycles. The van der Waals surface area contributed by atoms with Gasteiger partial charge in [-0.05, 0) is 61.6 Å². The second-order valence-corrected chi connectivity index (χ2v) is 10.0. The number of hydrogen-bond donors (Lipinski definition) is 1. The monoisotopic (exact) mass is 440 g/mol. The van der Waals surface area contributed by atoms with Gasteiger partial charge in [-0.15, -0.1) is 0 Å². The molecule has 1 aromatic carbocycles. The maximum absolute atomic E-state index is 12.7. The molecule has 0 saturated carbocycles. The number of urea groups is 1. The molecule has 0 aromatic heterocycles. The van der Waals surface area contributed by atoms with E-state index >= 15 is 0 Å². The summed E-state index contributed by atoms with van der Waals surface area (Å²) >= 11 is 0. The molecule has 1 aromatic rings. The molecule has 3 atom stereocenters. The van der Waals surface area contributed by atoms with Crippen LogP contribution in [0.3, 0.4) is 0 Å². The Bertz CT molecular complexity index is 821. The van der Waals surface area contributed by atoms with Crippen LogP contribution >= 0.6 is 0 Å². The van der Waals surface area contributed by atoms with Gasteiger partial charge in [0, 0.05) is 57.8 Å². The number of rotatable bonds is 4. The number of methoxy groups -OCH3 is 1. The fraction of sp³-hybridized carbons (Fsp3) is 0.680. The van der Waals surface area contributed by atoms with E-state index in [0.29, 0.717) is 36.4 Å². The first kappa shape index (κ1) is 21.6. The van der Waals surface area contributed by atoms with E-state index in [9.17, 15) is 9.59 Å². The molecular formula is C25H36N4O3. The molecule has 32 heavy (non-hydrogen) atoms. The highest BCUT2D eigenvalue weighted by atomic mass is 16.5. The minimum Gasteiger partial charge on any atom is -0.497 e. The van der Waals surface area contributed by atoms with Gasteiger partial charge in [0.25, 0.3) is 0 Å². The van der Waals surface area contributed by atoms with E-state index in [1.165, 1.54) is 12.8 Å². The minimum atomic E-state index is 0.0335. The van der Waals surface area contributed by atoms with Crippen LogP contribution in [0.4, 0.5) is 4.79 Å². The number of carbonyl (C=O) groups is 2. The smallest absolute Gasteiger partial charge is 0.317 e. The molecule has 7 nitrogen and oxygen atoms in total. The third kappa shape index (κ3) is 4.45. The average Bonchev–Trinajstić information content (AvgIpc) is 2.83. The van der Waals surface area contributed by atoms with Crippen molar-refractivity contribution in [3.63, 3.8) is 0 Å². The number of amides is 3. The van der Waals surface area contributed by atoms with Crippen molar-refractivity contribution in [1.29, 1.82) is 0 Å². The summed E-state index contributed by atoms with van der Waals surface area (Å²) in [5.74, 6) is 2.47. The van der Waals surface area contributed by atoms with Gasteiger partial charge in [0.15, 0.2) is 0 Å². The van der Waals surface area contributed by atoms with Crippen molar-refractivity contribution < 1.29 is 14.3 Å². The first-order valence-electron chi connectivity index (χ1n) is 12.3. The maximum atomic E-state index is 12.7. The summed E-state index contributed by atoms with van der Waals surface area (Å²) in [6.07, 6.45) is 6.37. The molecule has 4 fully saturated rings. The number of benzene rings is 1. The van der Waals surface area contributed by atoms with E-state index in [0.717, 1.165) is 69.7 Å². The number of likely N-dealkylation sites (tertiary alicyclic amines) is 2. The number of nitrogens with one attached hydrogen (secondary N) is 1. The van der Waals surface area contributed by atoms with Gasteiger partial charge in [0.2, 0.25) is 5.91 Å². The summed E-state index contributed by atoms with van der Waals surface area (Å²) in [7, 11) is 1.65. The first-order chi connectivity index (χ1) is 15.6. The van der Waals surface area contributed by atoms with Crippen LogP contribution in [0, 0.1) is 11.8 Å². The highest BCUT2D eigenvalue weighted by Gasteiger charge is 2.45. The summed E-state index contributed by atoms with van der Waals surface area (Å²) < 4.78 is 5.19. The fourth-order valence-electron chi connectivity index (χ4n) is 6.41. The molecule has 4 aliphatic rings. The molecule has 0 radical (unpaired) electrons. The van der Waals surface area contributed by atoms with Crippen LogP contribution in [0.25, 0.3) is 0 Å². The van der Waals surface area contributed by atoms with E-state index in [1.54, 1.807) is 7.11 Å². The van der Waals surface area contributed by atoms with Crippen molar-refractivity contribution in [3.05, 3.63) is 29.8 Å². The predicted octanol–water partition coefficient (Wildman–Crippen LogP) is 2.70. The lowest BCUT2D eigenvalue weighted by molar-refractivity contribution is -0.145. The van der Waals surface area contributed by atoms with Crippen molar-refractivity contribution in [2.24, 2.45) is 11.8 Å². The van der Waals surface area contributed by atoms with Crippen molar-refractivity contribution in [1.82, 2.24) is 20.0 Å². The number of nitrogens with zero attached hydrogens (tertiary/aromatic N) is 3. The van der Waals surface area contributed by atoms with E-state index in [1.807, 2.05) is 29.2 Å². The summed E-state index contributed by atoms with van der Waals surface area (Å²) in [6, 6.07) is 8.88. The molecule has 7 heteroatoms. The van der Waals surface area contributed by atoms with Gasteiger partial charge in [0.1, 0.15) is 5.75 Å². The second-order valence-electron chi connectivity index (χ2n) is 10.0. The van der Waals surface area contributed by atoms with Crippen molar-refractivity contribution >= 4 is 11.9 Å². The second kappa shape index (κ2) is 9.30. The summed E-state index contributed by atoms with van der Waals surface area (Å²) in [4.78, 5) is 31.9. The standard InChI is InChI=1S/C25H36N4O3/c1-32-22-7-5-18(6-8-22)14-26-25(31)27-11-9-21(10-12-27)28-15-19-13-20(17-28)23-3-2-4-24(30)29(23)16-19/h5-8,19-21,23H,2-4,9-17H2,1H3,(H,26,31)/t19-,20-,23-/m1/s1. The van der Waals surface area contributed by atoms with E-state index in [-0.39, 0.29) is 6.03 Å². The molecular weight excluding hydrogens is 404 g/mol. The molecule has 1 N–H and O–H groups in total. The number of carbonyl (C=O) groups excluding carboxylic acids is 2. The van der Waals surface area contributed by atoms with Crippen LogP contribution in [-0.4, -0.2) is 78.6 Å². The zero-order chi connectivity index (χ0) is 22.1. The molecule has 0 spiro atoms. The zero-order valence-corrected chi connectivity index (χ0v) is 19.2. The van der Waals surface area contributed by atoms with Crippen molar-refractivity contribution in [2.75, 3.05) is 39.8 Å². The lowest BCUT2D eigenvalue weighted by Crippen LogP contribution is -2.62. The summed E-state index contributed by atoms with van der Waals surface area (Å²) in [5, 5.41) is 3.06. The SMILES string of the molecule is COc1ccc(CNC(=O)N2CCC(N3C[C@H]4C[C@H](C3)[C@H]3CCCC(=O)N3C4)CC2)cc1. The van der Waals surface area contributed by atoms with Crippen LogP contribution in [0.2, 0.25) is 0 Å². The number of ether oxygens (including phenoxy) is 1. The van der Waals surface area contributed by atoms with Crippen molar-refractivity contribution in [3.8, 4) is 5.75 Å². The number of fused-ring (bicyclic) bond motifs is 4. The Morgan fingerprint density at radius 1 is 1.09 bits per heavy atom. The quantitative estimate of drug-likeness (QED) is 0.782. The Kier molecular flexibility index (Phi) is 6.26. The number of piperidine rings is 4. The van der Waals surface area contributed by atoms with Crippen LogP contribution in [-0.2, 0) is 11.3 Å². The van der Waals surface area contributed by atoms with Crippen LogP contribution < -0.4 is 10.1 Å². The molecule has 3 amide bonds. The summed E-state index contributed by atoms with van der Waals surface area (Å²) in [6.45, 7) is 5.37. The van der Waals surface area contributed by atoms with Gasteiger partial charge in [-0.2, -0.15) is 0 Å². The molecule has 0 aliphatic carbocycles. The third-order valence-electron chi connectivity index (χ3n) is 8.08. The van der Waals surface area contributed by atoms with E-state index in [4.69, 9.17) is 4.74 Å². The van der Waals surface area contributed by atoms with E-state index < -0.39 is 0 Å². The molecule has 5 rings (SSSR count). The normalized spacial score (nSPS) is 28.9. The Morgan fingerprint density at radius 2 is 1.88 bits per heavy atom. The topological polar surface area (TPSA) is 65.1 Å². The molecule has 4 saturated heterocycles. The van der Waals surface area contributed by atoms with E-state index in [2.05, 4.69) is 15.1 Å². The minimum absolute atomic E-state index is 0.0335. The third-order valence-corrected chi connectivity index (χ3v) is 8.08. The van der Waals surface area contributed by atoms with Crippen LogP contribution in [0.5, 0.6) is 5.75 Å². The maximum Gasteiger partial charge on any atom is 0.317 e. The first-order valence-corrected chi connectivity index (χ1v) is 12.3. The summed E-state index contributed by atoms with van der Waals surface area (Å²) in [5.41, 5.74) is 1.07. The van der Waals surface area contributed by atoms with Gasteiger partial charge in [-0.1, -0.05) is 12.1 Å². The average molecular weight is 441 g/mol. The van der Waals surface area contributed by atoms with Gasteiger partial charge in [0.05, 0.1) is 7.11 Å². The van der Waals surface area contributed by atoms with Crippen LogP contribution in [0.15, 0.2) is 24.3 Å². The number of hydrogen-bond acceptors (Lipinski definition) is 4. The largest absolute Gasteiger partial charge is 0.497 e. The fourth-order valence-corrected chi connectivity index (χ4v) is 6.41. The van der Waals surface area contributed by atoms with Crippen LogP contribution in [0.1, 0.15) is 44.1 Å². The van der Waals surface area contributed by atoms with Gasteiger partial charge in [-0.3, -0.25) is 9.69 Å². The van der Waals surface area contributed by atoms with Gasteiger partial charge >= 0.3 is 6.03 Å². The Labute approximate surface area is 191 Å². The van der Waals surface area contributed by atoms with Crippen molar-refractivity contribution in [2.45, 2.75) is 57.2 Å². The highest BCUT2D eigenvalue weighted by Crippen LogP contribution is 2.39. The molecule has 2 bridgehead atoms. The Hall–Kier alpha value is -2.28. The molecule has 4 heterocycles. The molecule has 174 valence electrons. The Morgan fingerprint density at radius 3 is 2.62 bits per heavy atom. The van der Waals surface area contributed by atoms with Gasteiger partial charge < -0.3 is 19.9 Å². The Balaban J connectivity index is 1.10. The molecule has 0 unspecified atom stereocenters. The lowest BCUT2D eigenvalue weighted by atomic mass is 9.75. The highest BCUT2D eigenvalue weighted by molar-refractivity contribution is 5.77.